The molecule has 0 amide bonds. The Labute approximate surface area is 119 Å². The maximum Gasteiger partial charge on any atom is 0.433 e. The van der Waals surface area contributed by atoms with Gasteiger partial charge < -0.3 is 15.6 Å². The largest absolute Gasteiger partial charge is 0.455 e. The number of nitrogens with two attached hydrogens (primary N) is 1. The van der Waals surface area contributed by atoms with Crippen molar-refractivity contribution < 1.29 is 23.0 Å². The highest BCUT2D eigenvalue weighted by atomic mass is 19.4. The lowest BCUT2D eigenvalue weighted by molar-refractivity contribution is -0.141. The van der Waals surface area contributed by atoms with Gasteiger partial charge in [0, 0.05) is 12.7 Å². The lowest BCUT2D eigenvalue weighted by Crippen LogP contribution is -2.08. The van der Waals surface area contributed by atoms with Crippen molar-refractivity contribution >= 4 is 5.69 Å². The molecule has 0 bridgehead atoms. The first-order valence-corrected chi connectivity index (χ1v) is 6.10. The summed E-state index contributed by atoms with van der Waals surface area (Å²) in [7, 11) is 0. The van der Waals surface area contributed by atoms with Gasteiger partial charge in [0.15, 0.2) is 5.75 Å². The molecule has 1 aromatic carbocycles. The summed E-state index contributed by atoms with van der Waals surface area (Å²) in [5.74, 6) is 0.245. The maximum absolute atomic E-state index is 12.6. The average molecular weight is 298 g/mol. The van der Waals surface area contributed by atoms with Gasteiger partial charge in [0.25, 0.3) is 0 Å². The van der Waals surface area contributed by atoms with E-state index in [-0.39, 0.29) is 18.0 Å². The van der Waals surface area contributed by atoms with Crippen LogP contribution in [0.2, 0.25) is 0 Å². The maximum atomic E-state index is 12.6. The van der Waals surface area contributed by atoms with Gasteiger partial charge in [-0.3, -0.25) is 0 Å². The summed E-state index contributed by atoms with van der Waals surface area (Å²) in [6.07, 6.45) is -3.15. The van der Waals surface area contributed by atoms with Crippen LogP contribution in [0.1, 0.15) is 11.3 Å². The van der Waals surface area contributed by atoms with Crippen molar-refractivity contribution in [2.45, 2.75) is 12.6 Å². The summed E-state index contributed by atoms with van der Waals surface area (Å²) in [4.78, 5) is 3.23. The fourth-order valence-corrected chi connectivity index (χ4v) is 1.67. The van der Waals surface area contributed by atoms with Gasteiger partial charge in [0.1, 0.15) is 11.4 Å². The van der Waals surface area contributed by atoms with E-state index in [1.165, 1.54) is 0 Å². The fraction of sp³-hybridized carbons (Fsp3) is 0.214. The van der Waals surface area contributed by atoms with Crippen molar-refractivity contribution in [1.29, 1.82) is 0 Å². The number of rotatable bonds is 4. The summed E-state index contributed by atoms with van der Waals surface area (Å²) in [6, 6.07) is 7.38. The third kappa shape index (κ3) is 3.85. The minimum Gasteiger partial charge on any atom is -0.455 e. The number of aromatic nitrogens is 1. The van der Waals surface area contributed by atoms with Gasteiger partial charge in [-0.05, 0) is 24.1 Å². The van der Waals surface area contributed by atoms with Gasteiger partial charge >= 0.3 is 6.18 Å². The molecule has 0 aliphatic carbocycles. The second kappa shape index (κ2) is 6.01. The van der Waals surface area contributed by atoms with Crippen LogP contribution in [-0.2, 0) is 12.6 Å². The van der Waals surface area contributed by atoms with Crippen LogP contribution in [0.5, 0.6) is 11.5 Å². The second-order valence-electron chi connectivity index (χ2n) is 4.32. The first kappa shape index (κ1) is 15.1. The molecule has 0 unspecified atom stereocenters. The van der Waals surface area contributed by atoms with Gasteiger partial charge in [-0.15, -0.1) is 0 Å². The predicted molar refractivity (Wildman–Crippen MR) is 71.0 cm³/mol. The van der Waals surface area contributed by atoms with Gasteiger partial charge in [-0.2, -0.15) is 13.2 Å². The Morgan fingerprint density at radius 1 is 1.19 bits per heavy atom. The number of aliphatic hydroxyl groups is 1. The van der Waals surface area contributed by atoms with E-state index in [1.807, 2.05) is 0 Å². The number of nitrogen functional groups attached to an aromatic ring is 1. The molecule has 0 atom stereocenters. The van der Waals surface area contributed by atoms with Gasteiger partial charge in [-0.1, -0.05) is 12.1 Å². The zero-order chi connectivity index (χ0) is 15.5. The Hall–Kier alpha value is -2.28. The molecule has 0 radical (unpaired) electrons. The summed E-state index contributed by atoms with van der Waals surface area (Å²) >= 11 is 0. The number of halogens is 3. The highest BCUT2D eigenvalue weighted by Crippen LogP contribution is 2.34. The Bertz CT molecular complexity index is 613. The number of hydrogen-bond acceptors (Lipinski definition) is 4. The molecule has 1 heterocycles. The van der Waals surface area contributed by atoms with Crippen LogP contribution in [0.15, 0.2) is 36.5 Å². The van der Waals surface area contributed by atoms with Crippen LogP contribution in [0.4, 0.5) is 18.9 Å². The SMILES string of the molecule is Nc1cnc(C(F)(F)F)cc1Oc1ccc(CCO)cc1. The Morgan fingerprint density at radius 2 is 1.86 bits per heavy atom. The van der Waals surface area contributed by atoms with Gasteiger partial charge in [-0.25, -0.2) is 4.98 Å². The smallest absolute Gasteiger partial charge is 0.433 e. The van der Waals surface area contributed by atoms with E-state index in [2.05, 4.69) is 4.98 Å². The number of alkyl halides is 3. The number of benzene rings is 1. The minimum absolute atomic E-state index is 0.0161. The highest BCUT2D eigenvalue weighted by molar-refractivity contribution is 5.53. The zero-order valence-corrected chi connectivity index (χ0v) is 10.9. The number of ether oxygens (including phenoxy) is 1. The summed E-state index contributed by atoms with van der Waals surface area (Å²) in [6.45, 7) is 0.0203. The lowest BCUT2D eigenvalue weighted by Gasteiger charge is -2.11. The van der Waals surface area contributed by atoms with E-state index < -0.39 is 11.9 Å². The number of hydrogen-bond donors (Lipinski definition) is 2. The minimum atomic E-state index is -4.56. The van der Waals surface area contributed by atoms with Crippen molar-refractivity contribution in [2.75, 3.05) is 12.3 Å². The molecule has 0 saturated heterocycles. The van der Waals surface area contributed by atoms with Gasteiger partial charge in [0.05, 0.1) is 11.9 Å². The first-order chi connectivity index (χ1) is 9.90. The van der Waals surface area contributed by atoms with Crippen LogP contribution >= 0.6 is 0 Å². The Balaban J connectivity index is 2.22. The molecule has 2 rings (SSSR count). The molecule has 2 aromatic rings. The number of anilines is 1. The Morgan fingerprint density at radius 3 is 2.43 bits per heavy atom. The molecule has 21 heavy (non-hydrogen) atoms. The molecule has 0 saturated carbocycles. The number of aliphatic hydroxyl groups excluding tert-OH is 1. The molecule has 7 heteroatoms. The normalized spacial score (nSPS) is 11.4. The number of pyridine rings is 1. The third-order valence-corrected chi connectivity index (χ3v) is 2.74. The topological polar surface area (TPSA) is 68.4 Å². The molecule has 0 fully saturated rings. The first-order valence-electron chi connectivity index (χ1n) is 6.10. The molecule has 1 aromatic heterocycles. The summed E-state index contributed by atoms with van der Waals surface area (Å²) in [5, 5.41) is 8.81. The Kier molecular flexibility index (Phi) is 4.32. The van der Waals surface area contributed by atoms with E-state index in [0.717, 1.165) is 17.8 Å². The highest BCUT2D eigenvalue weighted by Gasteiger charge is 2.33. The molecule has 0 aliphatic rings. The molecule has 3 N–H and O–H groups in total. The van der Waals surface area contributed by atoms with Crippen molar-refractivity contribution in [2.24, 2.45) is 0 Å². The van der Waals surface area contributed by atoms with Gasteiger partial charge in [0.2, 0.25) is 0 Å². The average Bonchev–Trinajstić information content (AvgIpc) is 2.42. The second-order valence-corrected chi connectivity index (χ2v) is 4.32. The van der Waals surface area contributed by atoms with Crippen molar-refractivity contribution in [1.82, 2.24) is 4.98 Å². The van der Waals surface area contributed by atoms with Crippen LogP contribution in [-0.4, -0.2) is 16.7 Å². The van der Waals surface area contributed by atoms with E-state index in [9.17, 15) is 13.2 Å². The van der Waals surface area contributed by atoms with E-state index >= 15 is 0 Å². The van der Waals surface area contributed by atoms with Crippen LogP contribution in [0, 0.1) is 0 Å². The standard InChI is InChI=1S/C14H13F3N2O2/c15-14(16,17)13-7-12(11(18)8-19-13)21-10-3-1-9(2-4-10)5-6-20/h1-4,7-8,20H,5-6,18H2. The molecular weight excluding hydrogens is 285 g/mol. The molecular formula is C14H13F3N2O2. The summed E-state index contributed by atoms with van der Waals surface area (Å²) < 4.78 is 43.1. The molecule has 4 nitrogen and oxygen atoms in total. The van der Waals surface area contributed by atoms with E-state index in [1.54, 1.807) is 24.3 Å². The van der Waals surface area contributed by atoms with Crippen molar-refractivity contribution in [3.63, 3.8) is 0 Å². The molecule has 0 aliphatic heterocycles. The molecule has 0 spiro atoms. The monoisotopic (exact) mass is 298 g/mol. The fourth-order valence-electron chi connectivity index (χ4n) is 1.67. The number of nitrogens with zero attached hydrogens (tertiary/aromatic N) is 1. The quantitative estimate of drug-likeness (QED) is 0.910. The summed E-state index contributed by atoms with van der Waals surface area (Å²) in [5.41, 5.74) is 5.41. The van der Waals surface area contributed by atoms with Crippen molar-refractivity contribution in [3.05, 3.63) is 47.8 Å². The van der Waals surface area contributed by atoms with Crippen LogP contribution in [0.3, 0.4) is 0 Å². The lowest BCUT2D eigenvalue weighted by atomic mass is 10.1. The van der Waals surface area contributed by atoms with Crippen LogP contribution < -0.4 is 10.5 Å². The molecule has 112 valence electrons. The van der Waals surface area contributed by atoms with E-state index in [4.69, 9.17) is 15.6 Å². The van der Waals surface area contributed by atoms with Crippen molar-refractivity contribution in [3.8, 4) is 11.5 Å². The van der Waals surface area contributed by atoms with Crippen LogP contribution in [0.25, 0.3) is 0 Å². The third-order valence-electron chi connectivity index (χ3n) is 2.74. The predicted octanol–water partition coefficient (Wildman–Crippen LogP) is 3.01. The van der Waals surface area contributed by atoms with E-state index in [0.29, 0.717) is 12.2 Å². The zero-order valence-electron chi connectivity index (χ0n) is 10.9.